The first-order chi connectivity index (χ1) is 10.4. The van der Waals surface area contributed by atoms with Gasteiger partial charge in [0.1, 0.15) is 12.6 Å². The molecule has 2 fully saturated rings. The van der Waals surface area contributed by atoms with E-state index in [2.05, 4.69) is 0 Å². The maximum atomic E-state index is 12.0. The molecule has 0 aromatic heterocycles. The van der Waals surface area contributed by atoms with Crippen LogP contribution in [-0.2, 0) is 26.4 Å². The van der Waals surface area contributed by atoms with Crippen molar-refractivity contribution in [3.63, 3.8) is 0 Å². The Kier molecular flexibility index (Phi) is 5.37. The first-order valence-electron chi connectivity index (χ1n) is 6.67. The van der Waals surface area contributed by atoms with Crippen molar-refractivity contribution < 1.29 is 27.3 Å². The third-order valence-corrected chi connectivity index (χ3v) is 4.77. The summed E-state index contributed by atoms with van der Waals surface area (Å²) in [5.74, 6) is -0.804. The zero-order valence-corrected chi connectivity index (χ0v) is 15.3. The van der Waals surface area contributed by atoms with Crippen molar-refractivity contribution in [1.82, 2.24) is 9.21 Å². The average molecular weight is 349 g/mol. The Morgan fingerprint density at radius 3 is 2.57 bits per heavy atom. The molecule has 1 aromatic carbocycles. The summed E-state index contributed by atoms with van der Waals surface area (Å²) in [6.45, 7) is 0.282. The molecule has 0 saturated carbocycles. The van der Waals surface area contributed by atoms with Crippen LogP contribution >= 0.6 is 0 Å². The van der Waals surface area contributed by atoms with Gasteiger partial charge in [0.05, 0.1) is 6.04 Å². The Morgan fingerprint density at radius 1 is 1.30 bits per heavy atom. The number of hydrogen-bond donors (Lipinski definition) is 1. The van der Waals surface area contributed by atoms with Gasteiger partial charge in [0, 0.05) is 36.1 Å². The summed E-state index contributed by atoms with van der Waals surface area (Å²) >= 11 is 0. The molecule has 8 nitrogen and oxygen atoms in total. The predicted molar refractivity (Wildman–Crippen MR) is 79.7 cm³/mol. The number of ether oxygens (including phenoxy) is 1. The van der Waals surface area contributed by atoms with Crippen molar-refractivity contribution in [1.29, 1.82) is 0 Å². The number of carbonyl (C=O) groups excluding carboxylic acids is 2. The van der Waals surface area contributed by atoms with Crippen molar-refractivity contribution in [3.8, 4) is 0 Å². The van der Waals surface area contributed by atoms with Gasteiger partial charge in [-0.25, -0.2) is 9.10 Å². The standard InChI is InChI=1S/C13H14N2O6S.Na/c16-12-11-10(15(12)22(18,19)20)6-7-14(11)13(17)21-8-9-4-2-1-3-5-9;/h1-5,10-11H,6-8H2,(H,18,19,20);/t10-,11+;/m1./s1. The molecule has 2 aliphatic heterocycles. The number of fused-ring (bicyclic) bond motifs is 1. The van der Waals surface area contributed by atoms with Crippen molar-refractivity contribution in [2.45, 2.75) is 25.1 Å². The monoisotopic (exact) mass is 349 g/mol. The van der Waals surface area contributed by atoms with E-state index in [-0.39, 0.29) is 49.1 Å². The van der Waals surface area contributed by atoms with Crippen molar-refractivity contribution in [3.05, 3.63) is 35.9 Å². The minimum absolute atomic E-state index is 0. The molecule has 2 aliphatic rings. The quantitative estimate of drug-likeness (QED) is 0.469. The van der Waals surface area contributed by atoms with E-state index in [1.807, 2.05) is 18.2 Å². The summed E-state index contributed by atoms with van der Waals surface area (Å²) in [6.07, 6.45) is -0.379. The molecule has 0 unspecified atom stereocenters. The molecule has 1 radical (unpaired) electrons. The normalized spacial score (nSPS) is 22.9. The fourth-order valence-electron chi connectivity index (χ4n) is 2.82. The molecule has 3 rings (SSSR count). The number of carbonyl (C=O) groups is 2. The minimum Gasteiger partial charge on any atom is -0.445 e. The molecule has 1 N–H and O–H groups in total. The van der Waals surface area contributed by atoms with E-state index in [1.165, 1.54) is 4.90 Å². The molecule has 2 amide bonds. The fourth-order valence-corrected chi connectivity index (χ4v) is 3.72. The van der Waals surface area contributed by atoms with Crippen LogP contribution in [0.15, 0.2) is 30.3 Å². The number of benzene rings is 1. The van der Waals surface area contributed by atoms with Gasteiger partial charge in [0.15, 0.2) is 0 Å². The van der Waals surface area contributed by atoms with Gasteiger partial charge < -0.3 is 4.74 Å². The molecule has 0 aliphatic carbocycles. The topological polar surface area (TPSA) is 104 Å². The van der Waals surface area contributed by atoms with Gasteiger partial charge in [-0.2, -0.15) is 8.42 Å². The maximum Gasteiger partial charge on any atom is 0.410 e. The van der Waals surface area contributed by atoms with Crippen LogP contribution in [0.2, 0.25) is 0 Å². The van der Waals surface area contributed by atoms with Gasteiger partial charge in [-0.15, -0.1) is 0 Å². The summed E-state index contributed by atoms with van der Waals surface area (Å²) in [7, 11) is -4.57. The number of nitrogens with zero attached hydrogens (tertiary/aromatic N) is 2. The first kappa shape index (κ1) is 18.2. The van der Waals surface area contributed by atoms with Crippen molar-refractivity contribution in [2.24, 2.45) is 0 Å². The first-order valence-corrected chi connectivity index (χ1v) is 8.07. The third kappa shape index (κ3) is 3.38. The molecule has 1 aromatic rings. The largest absolute Gasteiger partial charge is 0.445 e. The van der Waals surface area contributed by atoms with Crippen LogP contribution in [0.25, 0.3) is 0 Å². The van der Waals surface area contributed by atoms with Crippen LogP contribution in [0, 0.1) is 0 Å². The van der Waals surface area contributed by atoms with E-state index in [4.69, 9.17) is 9.29 Å². The molecule has 0 bridgehead atoms. The summed E-state index contributed by atoms with van der Waals surface area (Å²) in [5, 5.41) is 0. The minimum atomic E-state index is -4.57. The van der Waals surface area contributed by atoms with Gasteiger partial charge in [-0.3, -0.25) is 14.2 Å². The van der Waals surface area contributed by atoms with E-state index in [1.54, 1.807) is 12.1 Å². The molecule has 23 heavy (non-hydrogen) atoms. The molecule has 0 spiro atoms. The molecule has 2 atom stereocenters. The molecule has 2 saturated heterocycles. The Balaban J connectivity index is 0.00000192. The van der Waals surface area contributed by atoms with Crippen LogP contribution in [0.4, 0.5) is 4.79 Å². The second kappa shape index (κ2) is 6.78. The molecule has 10 heteroatoms. The number of hydrogen-bond acceptors (Lipinski definition) is 5. The van der Waals surface area contributed by atoms with Gasteiger partial charge in [-0.05, 0) is 12.0 Å². The fraction of sp³-hybridized carbons (Fsp3) is 0.385. The maximum absolute atomic E-state index is 12.0. The zero-order chi connectivity index (χ0) is 15.9. The molecule has 119 valence electrons. The summed E-state index contributed by atoms with van der Waals surface area (Å²) in [6, 6.07) is 7.50. The SMILES string of the molecule is O=C(OCc1ccccc1)N1CC[C@@H]2[C@H]1C(=O)N2S(=O)(=O)O.[Na]. The van der Waals surface area contributed by atoms with E-state index in [9.17, 15) is 18.0 Å². The van der Waals surface area contributed by atoms with E-state index >= 15 is 0 Å². The Hall–Kier alpha value is -1.13. The summed E-state index contributed by atoms with van der Waals surface area (Å²) in [5.41, 5.74) is 0.811. The second-order valence-electron chi connectivity index (χ2n) is 5.15. The van der Waals surface area contributed by atoms with Gasteiger partial charge >= 0.3 is 16.4 Å². The van der Waals surface area contributed by atoms with Crippen LogP contribution in [0.3, 0.4) is 0 Å². The summed E-state index contributed by atoms with van der Waals surface area (Å²) in [4.78, 5) is 25.1. The average Bonchev–Trinajstić information content (AvgIpc) is 2.83. The second-order valence-corrected chi connectivity index (χ2v) is 6.44. The van der Waals surface area contributed by atoms with Crippen LogP contribution in [-0.4, -0.2) is 82.4 Å². The number of rotatable bonds is 3. The number of likely N-dealkylation sites (tertiary alicyclic amines) is 1. The van der Waals surface area contributed by atoms with E-state index in [0.717, 1.165) is 5.56 Å². The molecule has 2 heterocycles. The third-order valence-electron chi connectivity index (χ3n) is 3.83. The van der Waals surface area contributed by atoms with E-state index < -0.39 is 34.4 Å². The van der Waals surface area contributed by atoms with Gasteiger partial charge in [0.25, 0.3) is 5.91 Å². The van der Waals surface area contributed by atoms with Crippen LogP contribution < -0.4 is 0 Å². The van der Waals surface area contributed by atoms with E-state index in [0.29, 0.717) is 4.31 Å². The number of β-lactam (4-membered cyclic amide) rings is 1. The molecular weight excluding hydrogens is 335 g/mol. The van der Waals surface area contributed by atoms with Crippen LogP contribution in [0.5, 0.6) is 0 Å². The smallest absolute Gasteiger partial charge is 0.410 e. The van der Waals surface area contributed by atoms with Gasteiger partial charge in [-0.1, -0.05) is 30.3 Å². The predicted octanol–water partition coefficient (Wildman–Crippen LogP) is 0.0303. The Morgan fingerprint density at radius 2 is 1.96 bits per heavy atom. The zero-order valence-electron chi connectivity index (χ0n) is 12.5. The van der Waals surface area contributed by atoms with Gasteiger partial charge in [0.2, 0.25) is 0 Å². The Bertz CT molecular complexity index is 710. The summed E-state index contributed by atoms with van der Waals surface area (Å²) < 4.78 is 36.7. The molecular formula is C13H14N2NaO6S. The van der Waals surface area contributed by atoms with Crippen molar-refractivity contribution in [2.75, 3.05) is 6.54 Å². The van der Waals surface area contributed by atoms with Crippen molar-refractivity contribution >= 4 is 51.9 Å². The Labute approximate surface area is 155 Å². The van der Waals surface area contributed by atoms with Crippen LogP contribution in [0.1, 0.15) is 12.0 Å². The number of amides is 2.